The van der Waals surface area contributed by atoms with Gasteiger partial charge in [-0.25, -0.2) is 4.79 Å². The molecule has 0 saturated heterocycles. The molecule has 0 aliphatic rings. The molecule has 6 heteroatoms. The number of aromatic nitrogens is 1. The summed E-state index contributed by atoms with van der Waals surface area (Å²) in [6.45, 7) is 0.101. The van der Waals surface area contributed by atoms with Crippen molar-refractivity contribution in [2.24, 2.45) is 0 Å². The number of phenols is 1. The minimum absolute atomic E-state index is 0.0443. The highest BCUT2D eigenvalue weighted by Crippen LogP contribution is 2.22. The fourth-order valence-corrected chi connectivity index (χ4v) is 2.71. The number of carbonyl (C=O) groups excluding carboxylic acids is 2. The Labute approximate surface area is 149 Å². The van der Waals surface area contributed by atoms with Crippen molar-refractivity contribution in [3.05, 3.63) is 65.9 Å². The fraction of sp³-hybridized carbons (Fsp3) is 0.150. The summed E-state index contributed by atoms with van der Waals surface area (Å²) in [7, 11) is 0. The lowest BCUT2D eigenvalue weighted by molar-refractivity contribution is 0.0475. The summed E-state index contributed by atoms with van der Waals surface area (Å²) in [6.07, 6.45) is 2.03. The van der Waals surface area contributed by atoms with Crippen molar-refractivity contribution in [2.45, 2.75) is 13.0 Å². The molecule has 0 atom stereocenters. The number of para-hydroxylation sites is 1. The van der Waals surface area contributed by atoms with Crippen LogP contribution < -0.4 is 0 Å². The van der Waals surface area contributed by atoms with Gasteiger partial charge in [0.05, 0.1) is 18.1 Å². The lowest BCUT2D eigenvalue weighted by atomic mass is 10.1. The number of ketones is 1. The van der Waals surface area contributed by atoms with Gasteiger partial charge in [0.25, 0.3) is 0 Å². The summed E-state index contributed by atoms with van der Waals surface area (Å²) in [5, 5.41) is 18.8. The summed E-state index contributed by atoms with van der Waals surface area (Å²) in [6, 6.07) is 15.1. The maximum atomic E-state index is 12.5. The lowest BCUT2D eigenvalue weighted by Crippen LogP contribution is -2.14. The number of phenolic OH excluding ortho intramolecular Hbond substituents is 1. The van der Waals surface area contributed by atoms with E-state index in [1.165, 1.54) is 24.3 Å². The minimum Gasteiger partial charge on any atom is -0.508 e. The molecule has 0 aliphatic heterocycles. The van der Waals surface area contributed by atoms with Crippen LogP contribution >= 0.6 is 0 Å². The van der Waals surface area contributed by atoms with Gasteiger partial charge in [0.15, 0.2) is 6.61 Å². The average Bonchev–Trinajstić information content (AvgIpc) is 3.03. The third kappa shape index (κ3) is 3.57. The zero-order valence-electron chi connectivity index (χ0n) is 13.9. The van der Waals surface area contributed by atoms with Crippen LogP contribution in [0.15, 0.2) is 54.7 Å². The number of rotatable bonds is 6. The van der Waals surface area contributed by atoms with Gasteiger partial charge in [-0.2, -0.15) is 5.26 Å². The smallest absolute Gasteiger partial charge is 0.338 e. The molecule has 3 aromatic rings. The van der Waals surface area contributed by atoms with E-state index in [4.69, 9.17) is 10.00 Å². The highest BCUT2D eigenvalue weighted by molar-refractivity contribution is 6.09. The van der Waals surface area contributed by atoms with Gasteiger partial charge in [-0.3, -0.25) is 4.79 Å². The van der Waals surface area contributed by atoms with E-state index in [-0.39, 0.29) is 23.7 Å². The third-order valence-corrected chi connectivity index (χ3v) is 3.99. The van der Waals surface area contributed by atoms with E-state index in [0.29, 0.717) is 18.5 Å². The third-order valence-electron chi connectivity index (χ3n) is 3.99. The average molecular weight is 348 g/mol. The first-order chi connectivity index (χ1) is 12.6. The summed E-state index contributed by atoms with van der Waals surface area (Å²) in [4.78, 5) is 24.5. The zero-order valence-corrected chi connectivity index (χ0v) is 13.9. The Hall–Kier alpha value is -3.59. The van der Waals surface area contributed by atoms with E-state index in [9.17, 15) is 14.7 Å². The summed E-state index contributed by atoms with van der Waals surface area (Å²) in [5.74, 6) is -0.904. The molecule has 0 amide bonds. The van der Waals surface area contributed by atoms with Crippen molar-refractivity contribution in [3.8, 4) is 11.8 Å². The first-order valence-electron chi connectivity index (χ1n) is 8.04. The van der Waals surface area contributed by atoms with Gasteiger partial charge in [-0.15, -0.1) is 0 Å². The van der Waals surface area contributed by atoms with Crippen molar-refractivity contribution < 1.29 is 19.4 Å². The number of aromatic hydroxyl groups is 1. The molecule has 0 saturated carbocycles. The number of ether oxygens (including phenoxy) is 1. The number of carbonyl (C=O) groups is 2. The molecular weight excluding hydrogens is 332 g/mol. The molecule has 26 heavy (non-hydrogen) atoms. The van der Waals surface area contributed by atoms with Gasteiger partial charge < -0.3 is 14.4 Å². The van der Waals surface area contributed by atoms with Crippen LogP contribution in [0.2, 0.25) is 0 Å². The number of nitrogens with zero attached hydrogens (tertiary/aromatic N) is 2. The molecule has 0 radical (unpaired) electrons. The Balaban J connectivity index is 1.76. The number of hydrogen-bond acceptors (Lipinski definition) is 5. The topological polar surface area (TPSA) is 92.3 Å². The monoisotopic (exact) mass is 348 g/mol. The second kappa shape index (κ2) is 7.53. The van der Waals surface area contributed by atoms with E-state index in [2.05, 4.69) is 6.07 Å². The van der Waals surface area contributed by atoms with E-state index in [1.54, 1.807) is 6.20 Å². The molecule has 0 bridgehead atoms. The highest BCUT2D eigenvalue weighted by atomic mass is 16.5. The quantitative estimate of drug-likeness (QED) is 0.545. The Morgan fingerprint density at radius 3 is 2.58 bits per heavy atom. The number of nitriles is 1. The van der Waals surface area contributed by atoms with Crippen molar-refractivity contribution in [1.82, 2.24) is 4.57 Å². The van der Waals surface area contributed by atoms with E-state index in [1.807, 2.05) is 28.8 Å². The molecule has 1 heterocycles. The number of aryl methyl sites for hydroxylation is 1. The predicted molar refractivity (Wildman–Crippen MR) is 94.9 cm³/mol. The number of Topliss-reactive ketones (excluding diaryl/α,β-unsaturated/α-hetero) is 1. The maximum absolute atomic E-state index is 12.5. The molecule has 2 aromatic carbocycles. The van der Waals surface area contributed by atoms with Crippen LogP contribution in [0.4, 0.5) is 0 Å². The fourth-order valence-electron chi connectivity index (χ4n) is 2.71. The molecule has 1 aromatic heterocycles. The van der Waals surface area contributed by atoms with Crippen LogP contribution in [0.25, 0.3) is 10.9 Å². The van der Waals surface area contributed by atoms with Crippen molar-refractivity contribution in [2.75, 3.05) is 6.61 Å². The minimum atomic E-state index is -0.633. The number of benzene rings is 2. The predicted octanol–water partition coefficient (Wildman–Crippen LogP) is 3.30. The molecule has 0 aliphatic carbocycles. The van der Waals surface area contributed by atoms with Crippen molar-refractivity contribution in [3.63, 3.8) is 0 Å². The highest BCUT2D eigenvalue weighted by Gasteiger charge is 2.17. The second-order valence-electron chi connectivity index (χ2n) is 5.71. The SMILES string of the molecule is N#CCCn1cc(C(=O)COC(=O)c2ccc(O)cc2)c2ccccc21. The van der Waals surface area contributed by atoms with E-state index < -0.39 is 5.97 Å². The molecule has 0 unspecified atom stereocenters. The van der Waals surface area contributed by atoms with Crippen LogP contribution in [0.3, 0.4) is 0 Å². The molecular formula is C20H16N2O4. The normalized spacial score (nSPS) is 10.4. The van der Waals surface area contributed by atoms with Crippen molar-refractivity contribution >= 4 is 22.7 Å². The van der Waals surface area contributed by atoms with Crippen LogP contribution in [0, 0.1) is 11.3 Å². The van der Waals surface area contributed by atoms with Crippen LogP contribution in [0.5, 0.6) is 5.75 Å². The molecule has 0 spiro atoms. The van der Waals surface area contributed by atoms with Gasteiger partial charge in [-0.1, -0.05) is 18.2 Å². The van der Waals surface area contributed by atoms with Crippen molar-refractivity contribution in [1.29, 1.82) is 5.26 Å². The molecule has 0 fully saturated rings. The van der Waals surface area contributed by atoms with Crippen LogP contribution in [-0.4, -0.2) is 28.0 Å². The Kier molecular flexibility index (Phi) is 4.99. The number of fused-ring (bicyclic) bond motifs is 1. The maximum Gasteiger partial charge on any atom is 0.338 e. The van der Waals surface area contributed by atoms with Gasteiger partial charge in [0.1, 0.15) is 5.75 Å². The van der Waals surface area contributed by atoms with Gasteiger partial charge in [-0.05, 0) is 30.3 Å². The molecule has 1 N–H and O–H groups in total. The largest absolute Gasteiger partial charge is 0.508 e. The lowest BCUT2D eigenvalue weighted by Gasteiger charge is -2.04. The first kappa shape index (κ1) is 17.2. The number of esters is 1. The number of hydrogen-bond donors (Lipinski definition) is 1. The summed E-state index contributed by atoms with van der Waals surface area (Å²) >= 11 is 0. The second-order valence-corrected chi connectivity index (χ2v) is 5.71. The standard InChI is InChI=1S/C20H16N2O4/c21-10-3-11-22-12-17(16-4-1-2-5-18(16)22)19(24)13-26-20(25)14-6-8-15(23)9-7-14/h1-2,4-9,12,23H,3,11,13H2. The van der Waals surface area contributed by atoms with Crippen LogP contribution in [0.1, 0.15) is 27.1 Å². The van der Waals surface area contributed by atoms with E-state index >= 15 is 0 Å². The Bertz CT molecular complexity index is 997. The first-order valence-corrected chi connectivity index (χ1v) is 8.04. The van der Waals surface area contributed by atoms with Gasteiger partial charge >= 0.3 is 5.97 Å². The summed E-state index contributed by atoms with van der Waals surface area (Å²) < 4.78 is 6.95. The van der Waals surface area contributed by atoms with Crippen LogP contribution in [-0.2, 0) is 11.3 Å². The molecule has 3 rings (SSSR count). The van der Waals surface area contributed by atoms with Gasteiger partial charge in [0.2, 0.25) is 5.78 Å². The Morgan fingerprint density at radius 2 is 1.85 bits per heavy atom. The summed E-state index contributed by atoms with van der Waals surface area (Å²) in [5.41, 5.74) is 1.57. The van der Waals surface area contributed by atoms with Gasteiger partial charge in [0, 0.05) is 29.2 Å². The zero-order chi connectivity index (χ0) is 18.5. The molecule has 6 nitrogen and oxygen atoms in total. The molecule has 130 valence electrons. The van der Waals surface area contributed by atoms with E-state index in [0.717, 1.165) is 10.9 Å². The Morgan fingerprint density at radius 1 is 1.12 bits per heavy atom.